The third kappa shape index (κ3) is 2.14. The molecule has 2 fully saturated rings. The molecule has 0 spiro atoms. The Morgan fingerprint density at radius 3 is 3.11 bits per heavy atom. The van der Waals surface area contributed by atoms with Gasteiger partial charge in [-0.3, -0.25) is 4.79 Å². The molecule has 1 aromatic rings. The lowest BCUT2D eigenvalue weighted by atomic mass is 10.2. The van der Waals surface area contributed by atoms with E-state index in [9.17, 15) is 4.79 Å². The highest BCUT2D eigenvalue weighted by atomic mass is 16.5. The maximum atomic E-state index is 12.4. The number of hydrogen-bond donors (Lipinski definition) is 1. The van der Waals surface area contributed by atoms with Crippen molar-refractivity contribution in [3.05, 3.63) is 17.5 Å². The second-order valence-corrected chi connectivity index (χ2v) is 5.24. The first-order valence-electron chi connectivity index (χ1n) is 6.72. The lowest BCUT2D eigenvalue weighted by Crippen LogP contribution is -2.40. The van der Waals surface area contributed by atoms with Crippen LogP contribution in [0.3, 0.4) is 0 Å². The molecule has 18 heavy (non-hydrogen) atoms. The highest BCUT2D eigenvalue weighted by molar-refractivity contribution is 5.92. The number of hydrogen-bond acceptors (Lipinski definition) is 4. The van der Waals surface area contributed by atoms with Gasteiger partial charge in [0.15, 0.2) is 5.69 Å². The molecule has 1 saturated carbocycles. The Morgan fingerprint density at radius 1 is 1.56 bits per heavy atom. The number of carbonyl (C=O) groups excluding carboxylic acids is 1. The van der Waals surface area contributed by atoms with Crippen molar-refractivity contribution in [1.29, 1.82) is 0 Å². The van der Waals surface area contributed by atoms with E-state index in [1.54, 1.807) is 0 Å². The molecule has 5 nitrogen and oxygen atoms in total. The number of rotatable bonds is 4. The minimum absolute atomic E-state index is 0.0170. The summed E-state index contributed by atoms with van der Waals surface area (Å²) in [6, 6.07) is 2.12. The predicted octanol–water partition coefficient (Wildman–Crippen LogP) is 1.38. The molecule has 1 aliphatic heterocycles. The molecule has 1 aromatic heterocycles. The number of nitrogens with zero attached hydrogens (tertiary/aromatic N) is 2. The number of amides is 1. The molecule has 1 aliphatic carbocycles. The highest BCUT2D eigenvalue weighted by Crippen LogP contribution is 2.40. The minimum Gasteiger partial charge on any atom is -0.360 e. The van der Waals surface area contributed by atoms with Crippen LogP contribution in [-0.2, 0) is 0 Å². The number of aromatic nitrogens is 1. The normalized spacial score (nSPS) is 23.6. The molecule has 1 atom stereocenters. The van der Waals surface area contributed by atoms with Crippen molar-refractivity contribution < 1.29 is 9.32 Å². The summed E-state index contributed by atoms with van der Waals surface area (Å²) in [4.78, 5) is 14.3. The number of likely N-dealkylation sites (tertiary alicyclic amines) is 1. The predicted molar refractivity (Wildman–Crippen MR) is 66.5 cm³/mol. The fourth-order valence-corrected chi connectivity index (χ4v) is 2.65. The Labute approximate surface area is 107 Å². The summed E-state index contributed by atoms with van der Waals surface area (Å²) in [6.07, 6.45) is 4.47. The first kappa shape index (κ1) is 11.7. The van der Waals surface area contributed by atoms with Gasteiger partial charge in [0.1, 0.15) is 5.76 Å². The van der Waals surface area contributed by atoms with Crippen LogP contribution >= 0.6 is 0 Å². The molecule has 1 amide bonds. The van der Waals surface area contributed by atoms with Crippen LogP contribution in [0.1, 0.15) is 47.8 Å². The molecule has 0 bridgehead atoms. The van der Waals surface area contributed by atoms with Crippen LogP contribution in [0.25, 0.3) is 0 Å². The first-order chi connectivity index (χ1) is 8.79. The van der Waals surface area contributed by atoms with Crippen molar-refractivity contribution in [1.82, 2.24) is 15.4 Å². The average Bonchev–Trinajstić information content (AvgIpc) is 2.93. The van der Waals surface area contributed by atoms with E-state index in [0.29, 0.717) is 17.7 Å². The summed E-state index contributed by atoms with van der Waals surface area (Å²) in [7, 11) is 1.92. The van der Waals surface area contributed by atoms with E-state index in [2.05, 4.69) is 10.5 Å². The van der Waals surface area contributed by atoms with Crippen LogP contribution in [-0.4, -0.2) is 42.1 Å². The molecule has 3 rings (SSSR count). The summed E-state index contributed by atoms with van der Waals surface area (Å²) < 4.78 is 5.25. The van der Waals surface area contributed by atoms with Crippen LogP contribution in [0.5, 0.6) is 0 Å². The second-order valence-electron chi connectivity index (χ2n) is 5.24. The summed E-state index contributed by atoms with van der Waals surface area (Å²) in [5.74, 6) is 1.40. The van der Waals surface area contributed by atoms with Gasteiger partial charge in [0, 0.05) is 31.1 Å². The molecule has 1 N–H and O–H groups in total. The standard InChI is InChI=1S/C13H19N3O2/c1-14-8-10-3-2-6-16(10)13(17)11-7-12(18-15-11)9-4-5-9/h7,9-10,14H,2-6,8H2,1H3. The van der Waals surface area contributed by atoms with Gasteiger partial charge in [0.25, 0.3) is 5.91 Å². The van der Waals surface area contributed by atoms with Crippen LogP contribution in [0.2, 0.25) is 0 Å². The maximum absolute atomic E-state index is 12.4. The van der Waals surface area contributed by atoms with Gasteiger partial charge in [-0.05, 0) is 32.7 Å². The van der Waals surface area contributed by atoms with Crippen LogP contribution < -0.4 is 5.32 Å². The van der Waals surface area contributed by atoms with E-state index in [1.165, 1.54) is 0 Å². The number of nitrogens with one attached hydrogen (secondary N) is 1. The van der Waals surface area contributed by atoms with E-state index >= 15 is 0 Å². The quantitative estimate of drug-likeness (QED) is 0.875. The van der Waals surface area contributed by atoms with Crippen molar-refractivity contribution in [2.75, 3.05) is 20.1 Å². The average molecular weight is 249 g/mol. The Bertz CT molecular complexity index is 439. The lowest BCUT2D eigenvalue weighted by molar-refractivity contribution is 0.0726. The molecule has 0 radical (unpaired) electrons. The molecular weight excluding hydrogens is 230 g/mol. The van der Waals surface area contributed by atoms with E-state index in [-0.39, 0.29) is 5.91 Å². The molecule has 1 unspecified atom stereocenters. The van der Waals surface area contributed by atoms with Gasteiger partial charge < -0.3 is 14.7 Å². The largest absolute Gasteiger partial charge is 0.360 e. The smallest absolute Gasteiger partial charge is 0.276 e. The SMILES string of the molecule is CNCC1CCCN1C(=O)c1cc(C2CC2)on1. The molecule has 2 heterocycles. The van der Waals surface area contributed by atoms with Gasteiger partial charge >= 0.3 is 0 Å². The Balaban J connectivity index is 1.71. The molecule has 5 heteroatoms. The monoisotopic (exact) mass is 249 g/mol. The van der Waals surface area contributed by atoms with Gasteiger partial charge in [0.05, 0.1) is 0 Å². The fourth-order valence-electron chi connectivity index (χ4n) is 2.65. The molecule has 0 aromatic carbocycles. The van der Waals surface area contributed by atoms with Gasteiger partial charge in [0.2, 0.25) is 0 Å². The van der Waals surface area contributed by atoms with Crippen molar-refractivity contribution in [2.45, 2.75) is 37.6 Å². The van der Waals surface area contributed by atoms with Crippen molar-refractivity contribution >= 4 is 5.91 Å². The van der Waals surface area contributed by atoms with Crippen molar-refractivity contribution in [2.24, 2.45) is 0 Å². The number of likely N-dealkylation sites (N-methyl/N-ethyl adjacent to an activating group) is 1. The Morgan fingerprint density at radius 2 is 2.39 bits per heavy atom. The summed E-state index contributed by atoms with van der Waals surface area (Å²) in [5.41, 5.74) is 0.472. The van der Waals surface area contributed by atoms with Gasteiger partial charge in [-0.15, -0.1) is 0 Å². The van der Waals surface area contributed by atoms with E-state index in [0.717, 1.165) is 44.5 Å². The van der Waals surface area contributed by atoms with Gasteiger partial charge in [-0.1, -0.05) is 5.16 Å². The second kappa shape index (κ2) is 4.72. The van der Waals surface area contributed by atoms with Crippen LogP contribution in [0.15, 0.2) is 10.6 Å². The first-order valence-corrected chi connectivity index (χ1v) is 6.72. The topological polar surface area (TPSA) is 58.4 Å². The van der Waals surface area contributed by atoms with E-state index in [1.807, 2.05) is 18.0 Å². The molecular formula is C13H19N3O2. The van der Waals surface area contributed by atoms with Crippen molar-refractivity contribution in [3.63, 3.8) is 0 Å². The molecule has 2 aliphatic rings. The number of carbonyl (C=O) groups is 1. The minimum atomic E-state index is 0.0170. The van der Waals surface area contributed by atoms with E-state index in [4.69, 9.17) is 4.52 Å². The van der Waals surface area contributed by atoms with E-state index < -0.39 is 0 Å². The van der Waals surface area contributed by atoms with Gasteiger partial charge in [-0.2, -0.15) is 0 Å². The zero-order valence-electron chi connectivity index (χ0n) is 10.7. The zero-order chi connectivity index (χ0) is 12.5. The molecule has 1 saturated heterocycles. The fraction of sp³-hybridized carbons (Fsp3) is 0.692. The highest BCUT2D eigenvalue weighted by Gasteiger charge is 2.33. The molecule has 98 valence electrons. The maximum Gasteiger partial charge on any atom is 0.276 e. The Kier molecular flexibility index (Phi) is 3.07. The zero-order valence-corrected chi connectivity index (χ0v) is 10.7. The summed E-state index contributed by atoms with van der Waals surface area (Å²) >= 11 is 0. The van der Waals surface area contributed by atoms with Gasteiger partial charge in [-0.25, -0.2) is 0 Å². The summed E-state index contributed by atoms with van der Waals surface area (Å²) in [5, 5.41) is 7.07. The third-order valence-electron chi connectivity index (χ3n) is 3.80. The summed E-state index contributed by atoms with van der Waals surface area (Å²) in [6.45, 7) is 1.68. The Hall–Kier alpha value is -1.36. The van der Waals surface area contributed by atoms with Crippen molar-refractivity contribution in [3.8, 4) is 0 Å². The van der Waals surface area contributed by atoms with Crippen LogP contribution in [0.4, 0.5) is 0 Å². The third-order valence-corrected chi connectivity index (χ3v) is 3.80. The van der Waals surface area contributed by atoms with Crippen LogP contribution in [0, 0.1) is 0 Å². The lowest BCUT2D eigenvalue weighted by Gasteiger charge is -2.23.